The summed E-state index contributed by atoms with van der Waals surface area (Å²) < 4.78 is 0. The Labute approximate surface area is 195 Å². The van der Waals surface area contributed by atoms with Gasteiger partial charge in [0.05, 0.1) is 26.9 Å². The monoisotopic (exact) mass is 486 g/mol. The van der Waals surface area contributed by atoms with Gasteiger partial charge in [0.2, 0.25) is 17.5 Å². The number of carbonyl (C=O) groups is 2. The van der Waals surface area contributed by atoms with Gasteiger partial charge in [-0.1, -0.05) is 35.9 Å². The molecule has 1 aromatic heterocycles. The van der Waals surface area contributed by atoms with E-state index in [-0.39, 0.29) is 34.3 Å². The van der Waals surface area contributed by atoms with Gasteiger partial charge in [0, 0.05) is 12.1 Å². The van der Waals surface area contributed by atoms with Crippen LogP contribution in [0.1, 0.15) is 15.9 Å². The van der Waals surface area contributed by atoms with E-state index >= 15 is 0 Å². The first kappa shape index (κ1) is 23.8. The van der Waals surface area contributed by atoms with Crippen LogP contribution < -0.4 is 21.7 Å². The van der Waals surface area contributed by atoms with Crippen LogP contribution in [-0.4, -0.2) is 31.6 Å². The van der Waals surface area contributed by atoms with Crippen LogP contribution in [0.25, 0.3) is 0 Å². The lowest BCUT2D eigenvalue weighted by Gasteiger charge is -2.12. The van der Waals surface area contributed by atoms with Gasteiger partial charge in [-0.05, 0) is 17.7 Å². The molecule has 15 heteroatoms. The summed E-state index contributed by atoms with van der Waals surface area (Å²) in [7, 11) is 0. The molecule has 2 amide bonds. The van der Waals surface area contributed by atoms with E-state index in [1.165, 1.54) is 36.4 Å². The summed E-state index contributed by atoms with van der Waals surface area (Å²) in [5.41, 5.74) is 9.02. The molecule has 2 aromatic carbocycles. The number of nitrogens with zero attached hydrogens (tertiary/aromatic N) is 4. The van der Waals surface area contributed by atoms with Crippen LogP contribution in [0.2, 0.25) is 5.02 Å². The molecule has 1 heterocycles. The molecule has 0 spiro atoms. The molecule has 0 bridgehead atoms. The molecular formula is C19H15ClN8O6. The van der Waals surface area contributed by atoms with Gasteiger partial charge in [-0.15, -0.1) is 0 Å². The molecular weight excluding hydrogens is 472 g/mol. The molecule has 0 radical (unpaired) electrons. The highest BCUT2D eigenvalue weighted by atomic mass is 35.5. The number of halogens is 1. The number of rotatable bonds is 9. The molecule has 0 saturated heterocycles. The third-order valence-electron chi connectivity index (χ3n) is 4.25. The van der Waals surface area contributed by atoms with Crippen molar-refractivity contribution in [2.24, 2.45) is 0 Å². The number of hydrogen-bond acceptors (Lipinski definition) is 10. The number of hydrogen-bond donors (Lipinski definition) is 4. The standard InChI is InChI=1S/C19H15ClN8O6/c20-14-4-2-1-3-13(14)19(30)26-25-18-16(28(33)34)17(21-10-22-18)24-23-15(29)9-11-5-7-12(8-6-11)27(31)32/h1-8,10H,9H2,(H,23,29)(H,26,30)(H2,21,22,24,25). The molecule has 0 aliphatic carbocycles. The van der Waals surface area contributed by atoms with Gasteiger partial charge in [-0.2, -0.15) is 0 Å². The zero-order valence-electron chi connectivity index (χ0n) is 17.0. The van der Waals surface area contributed by atoms with Crippen LogP contribution in [0, 0.1) is 20.2 Å². The fourth-order valence-corrected chi connectivity index (χ4v) is 2.88. The molecule has 14 nitrogen and oxygen atoms in total. The molecule has 0 atom stereocenters. The Morgan fingerprint density at radius 2 is 1.50 bits per heavy atom. The molecule has 0 aliphatic heterocycles. The van der Waals surface area contributed by atoms with Gasteiger partial charge in [0.25, 0.3) is 11.6 Å². The normalized spacial score (nSPS) is 10.1. The summed E-state index contributed by atoms with van der Waals surface area (Å²) >= 11 is 5.96. The summed E-state index contributed by atoms with van der Waals surface area (Å²) in [6.07, 6.45) is 0.810. The van der Waals surface area contributed by atoms with Crippen LogP contribution in [0.4, 0.5) is 23.0 Å². The SMILES string of the molecule is O=C(Cc1ccc([N+](=O)[O-])cc1)NNc1ncnc(NNC(=O)c2ccccc2Cl)c1[N+](=O)[O-]. The van der Waals surface area contributed by atoms with Gasteiger partial charge in [0.15, 0.2) is 0 Å². The number of anilines is 2. The summed E-state index contributed by atoms with van der Waals surface area (Å²) in [4.78, 5) is 52.8. The molecule has 0 fully saturated rings. The second-order valence-electron chi connectivity index (χ2n) is 6.51. The molecule has 0 saturated carbocycles. The van der Waals surface area contributed by atoms with Crippen molar-refractivity contribution in [3.63, 3.8) is 0 Å². The predicted octanol–water partition coefficient (Wildman–Crippen LogP) is 2.39. The fraction of sp³-hybridized carbons (Fsp3) is 0.0526. The van der Waals surface area contributed by atoms with Gasteiger partial charge >= 0.3 is 5.69 Å². The predicted molar refractivity (Wildman–Crippen MR) is 120 cm³/mol. The van der Waals surface area contributed by atoms with Gasteiger partial charge in [-0.25, -0.2) is 9.97 Å². The van der Waals surface area contributed by atoms with Crippen molar-refractivity contribution in [1.29, 1.82) is 0 Å². The number of amides is 2. The summed E-state index contributed by atoms with van der Waals surface area (Å²) in [5.74, 6) is -1.97. The van der Waals surface area contributed by atoms with E-state index in [1.807, 2.05) is 0 Å². The number of nitro groups is 2. The van der Waals surface area contributed by atoms with Crippen LogP contribution in [0.5, 0.6) is 0 Å². The third-order valence-corrected chi connectivity index (χ3v) is 4.58. The first-order chi connectivity index (χ1) is 16.3. The van der Waals surface area contributed by atoms with E-state index in [2.05, 4.69) is 31.7 Å². The lowest BCUT2D eigenvalue weighted by atomic mass is 10.1. The third kappa shape index (κ3) is 5.89. The Morgan fingerprint density at radius 1 is 0.882 bits per heavy atom. The fourth-order valence-electron chi connectivity index (χ4n) is 2.66. The number of hydrazine groups is 2. The van der Waals surface area contributed by atoms with E-state index in [0.717, 1.165) is 6.33 Å². The lowest BCUT2D eigenvalue weighted by molar-refractivity contribution is -0.384. The smallest absolute Gasteiger partial charge is 0.276 e. The minimum atomic E-state index is -0.811. The van der Waals surface area contributed by atoms with Crippen molar-refractivity contribution >= 4 is 46.4 Å². The summed E-state index contributed by atoms with van der Waals surface area (Å²) in [6.45, 7) is 0. The molecule has 0 unspecified atom stereocenters. The van der Waals surface area contributed by atoms with Crippen molar-refractivity contribution in [3.8, 4) is 0 Å². The molecule has 4 N–H and O–H groups in total. The molecule has 0 aliphatic rings. The van der Waals surface area contributed by atoms with Gasteiger partial charge in [0.1, 0.15) is 6.33 Å². The highest BCUT2D eigenvalue weighted by molar-refractivity contribution is 6.33. The van der Waals surface area contributed by atoms with E-state index in [4.69, 9.17) is 11.6 Å². The van der Waals surface area contributed by atoms with Gasteiger partial charge in [-0.3, -0.25) is 51.5 Å². The van der Waals surface area contributed by atoms with Crippen LogP contribution in [0.3, 0.4) is 0 Å². The van der Waals surface area contributed by atoms with E-state index in [1.54, 1.807) is 12.1 Å². The Kier molecular flexibility index (Phi) is 7.45. The largest absolute Gasteiger partial charge is 0.356 e. The number of nitrogens with one attached hydrogen (secondary N) is 4. The highest BCUT2D eigenvalue weighted by Crippen LogP contribution is 2.28. The second kappa shape index (κ2) is 10.6. The molecule has 3 rings (SSSR count). The number of non-ortho nitro benzene ring substituents is 1. The molecule has 174 valence electrons. The first-order valence-corrected chi connectivity index (χ1v) is 9.72. The average Bonchev–Trinajstić information content (AvgIpc) is 2.81. The van der Waals surface area contributed by atoms with E-state index < -0.39 is 27.3 Å². The number of nitro benzene ring substituents is 1. The number of carbonyl (C=O) groups excluding carboxylic acids is 2. The van der Waals surface area contributed by atoms with Crippen molar-refractivity contribution in [2.45, 2.75) is 6.42 Å². The topological polar surface area (TPSA) is 194 Å². The quantitative estimate of drug-likeness (QED) is 0.257. The van der Waals surface area contributed by atoms with Crippen molar-refractivity contribution < 1.29 is 19.4 Å². The maximum atomic E-state index is 12.3. The van der Waals surface area contributed by atoms with Crippen molar-refractivity contribution in [1.82, 2.24) is 20.8 Å². The minimum Gasteiger partial charge on any atom is -0.276 e. The maximum Gasteiger partial charge on any atom is 0.356 e. The van der Waals surface area contributed by atoms with E-state index in [9.17, 15) is 29.8 Å². The Morgan fingerprint density at radius 3 is 2.09 bits per heavy atom. The van der Waals surface area contributed by atoms with Crippen molar-refractivity contribution in [3.05, 3.63) is 91.2 Å². The molecule has 3 aromatic rings. The van der Waals surface area contributed by atoms with E-state index in [0.29, 0.717) is 5.56 Å². The second-order valence-corrected chi connectivity index (χ2v) is 6.92. The zero-order chi connectivity index (χ0) is 24.7. The van der Waals surface area contributed by atoms with Crippen LogP contribution >= 0.6 is 11.6 Å². The number of aromatic nitrogens is 2. The summed E-state index contributed by atoms with van der Waals surface area (Å²) in [6, 6.07) is 11.5. The molecule has 34 heavy (non-hydrogen) atoms. The summed E-state index contributed by atoms with van der Waals surface area (Å²) in [5, 5.41) is 22.5. The lowest BCUT2D eigenvalue weighted by Crippen LogP contribution is -2.33. The van der Waals surface area contributed by atoms with Gasteiger partial charge < -0.3 is 0 Å². The highest BCUT2D eigenvalue weighted by Gasteiger charge is 2.24. The Bertz CT molecular complexity index is 1250. The average molecular weight is 487 g/mol. The number of benzene rings is 2. The first-order valence-electron chi connectivity index (χ1n) is 9.34. The van der Waals surface area contributed by atoms with Crippen LogP contribution in [-0.2, 0) is 11.2 Å². The van der Waals surface area contributed by atoms with Crippen LogP contribution in [0.15, 0.2) is 54.9 Å². The Balaban J connectivity index is 1.66. The van der Waals surface area contributed by atoms with Crippen molar-refractivity contribution in [2.75, 3.05) is 10.9 Å². The zero-order valence-corrected chi connectivity index (χ0v) is 17.8. The Hall–Kier alpha value is -4.85. The maximum absolute atomic E-state index is 12.3. The minimum absolute atomic E-state index is 0.124.